The van der Waals surface area contributed by atoms with E-state index in [9.17, 15) is 4.79 Å². The van der Waals surface area contributed by atoms with Crippen molar-refractivity contribution in [2.24, 2.45) is 5.92 Å². The number of benzene rings is 1. The lowest BCUT2D eigenvalue weighted by Crippen LogP contribution is -2.44. The van der Waals surface area contributed by atoms with Gasteiger partial charge in [0, 0.05) is 29.1 Å². The summed E-state index contributed by atoms with van der Waals surface area (Å²) in [4.78, 5) is 17.3. The van der Waals surface area contributed by atoms with Crippen LogP contribution in [0.25, 0.3) is 0 Å². The Hall–Kier alpha value is -1.50. The average molecular weight is 350 g/mol. The van der Waals surface area contributed by atoms with Crippen molar-refractivity contribution in [2.45, 2.75) is 35.0 Å². The molecule has 2 aromatic rings. The number of carbonyl (C=O) groups is 1. The Bertz CT molecular complexity index is 718. The van der Waals surface area contributed by atoms with E-state index in [-0.39, 0.29) is 11.1 Å². The van der Waals surface area contributed by atoms with Gasteiger partial charge in [0.1, 0.15) is 0 Å². The fourth-order valence-electron chi connectivity index (χ4n) is 3.33. The molecule has 120 valence electrons. The average Bonchev–Trinajstić information content (AvgIpc) is 3.25. The molecule has 7 heteroatoms. The summed E-state index contributed by atoms with van der Waals surface area (Å²) in [5.74, 6) is 0.576. The number of hydrogen-bond acceptors (Lipinski definition) is 5. The summed E-state index contributed by atoms with van der Waals surface area (Å²) in [5.41, 5.74) is 0.676. The molecule has 1 saturated heterocycles. The molecule has 23 heavy (non-hydrogen) atoms. The Morgan fingerprint density at radius 3 is 2.78 bits per heavy atom. The van der Waals surface area contributed by atoms with Gasteiger partial charge in [-0.05, 0) is 66.4 Å². The van der Waals surface area contributed by atoms with E-state index in [0.717, 1.165) is 17.9 Å². The Balaban J connectivity index is 1.38. The van der Waals surface area contributed by atoms with Crippen LogP contribution in [-0.2, 0) is 0 Å². The first-order valence-corrected chi connectivity index (χ1v) is 8.80. The molecule has 1 aromatic carbocycles. The van der Waals surface area contributed by atoms with Gasteiger partial charge in [0.25, 0.3) is 11.1 Å². The number of piperidine rings is 1. The van der Waals surface area contributed by atoms with Gasteiger partial charge < -0.3 is 15.1 Å². The van der Waals surface area contributed by atoms with Gasteiger partial charge in [0.15, 0.2) is 0 Å². The zero-order valence-corrected chi connectivity index (χ0v) is 13.9. The van der Waals surface area contributed by atoms with E-state index in [1.54, 1.807) is 0 Å². The standard InChI is InChI=1S/C16H16ClN3O2S/c17-14-8-19-16(22-14)23-12-3-1-9(2-4-12)15(21)20-13-6-11-5-10(13)7-18-11/h1-4,8,10-11,13,18H,5-7H2,(H,20,21). The molecule has 2 aliphatic rings. The third kappa shape index (κ3) is 3.24. The molecule has 1 aliphatic heterocycles. The summed E-state index contributed by atoms with van der Waals surface area (Å²) in [5, 5.41) is 7.37. The molecule has 4 rings (SSSR count). The number of halogens is 1. The van der Waals surface area contributed by atoms with Gasteiger partial charge in [-0.3, -0.25) is 4.79 Å². The zero-order valence-electron chi connectivity index (χ0n) is 12.3. The highest BCUT2D eigenvalue weighted by atomic mass is 35.5. The second-order valence-electron chi connectivity index (χ2n) is 5.97. The van der Waals surface area contributed by atoms with Gasteiger partial charge in [-0.1, -0.05) is 0 Å². The van der Waals surface area contributed by atoms with E-state index in [0.29, 0.717) is 28.8 Å². The van der Waals surface area contributed by atoms with E-state index in [2.05, 4.69) is 15.6 Å². The van der Waals surface area contributed by atoms with Crippen LogP contribution < -0.4 is 10.6 Å². The second kappa shape index (κ2) is 6.19. The van der Waals surface area contributed by atoms with Gasteiger partial charge in [-0.25, -0.2) is 4.98 Å². The van der Waals surface area contributed by atoms with Crippen LogP contribution in [0.2, 0.25) is 5.22 Å². The Kier molecular flexibility index (Phi) is 4.05. The van der Waals surface area contributed by atoms with Gasteiger partial charge in [-0.2, -0.15) is 0 Å². The molecular formula is C16H16ClN3O2S. The van der Waals surface area contributed by atoms with E-state index < -0.39 is 0 Å². The van der Waals surface area contributed by atoms with Crippen LogP contribution in [0.15, 0.2) is 45.0 Å². The van der Waals surface area contributed by atoms with Crippen molar-refractivity contribution in [3.8, 4) is 0 Å². The van der Waals surface area contributed by atoms with Crippen LogP contribution in [0.3, 0.4) is 0 Å². The maximum absolute atomic E-state index is 12.4. The smallest absolute Gasteiger partial charge is 0.261 e. The molecule has 5 nitrogen and oxygen atoms in total. The minimum absolute atomic E-state index is 0.00160. The first-order valence-electron chi connectivity index (χ1n) is 7.61. The maximum Gasteiger partial charge on any atom is 0.261 e. The van der Waals surface area contributed by atoms with Gasteiger partial charge in [-0.15, -0.1) is 0 Å². The maximum atomic E-state index is 12.4. The quantitative estimate of drug-likeness (QED) is 0.888. The minimum atomic E-state index is -0.00160. The zero-order chi connectivity index (χ0) is 15.8. The number of rotatable bonds is 4. The Morgan fingerprint density at radius 1 is 1.35 bits per heavy atom. The molecular weight excluding hydrogens is 334 g/mol. The van der Waals surface area contributed by atoms with Crippen molar-refractivity contribution in [3.05, 3.63) is 41.2 Å². The fourth-order valence-corrected chi connectivity index (χ4v) is 4.20. The van der Waals surface area contributed by atoms with Gasteiger partial charge in [0.2, 0.25) is 5.22 Å². The molecule has 1 amide bonds. The predicted octanol–water partition coefficient (Wildman–Crippen LogP) is 2.96. The summed E-state index contributed by atoms with van der Waals surface area (Å²) in [6, 6.07) is 8.32. The van der Waals surface area contributed by atoms with Crippen molar-refractivity contribution in [1.82, 2.24) is 15.6 Å². The summed E-state index contributed by atoms with van der Waals surface area (Å²) in [6.45, 7) is 1.02. The molecule has 2 fully saturated rings. The van der Waals surface area contributed by atoms with E-state index in [1.165, 1.54) is 24.4 Å². The first kappa shape index (κ1) is 15.1. The van der Waals surface area contributed by atoms with E-state index >= 15 is 0 Å². The third-order valence-electron chi connectivity index (χ3n) is 4.46. The minimum Gasteiger partial charge on any atom is -0.419 e. The van der Waals surface area contributed by atoms with Crippen LogP contribution in [0, 0.1) is 5.92 Å². The Morgan fingerprint density at radius 2 is 2.17 bits per heavy atom. The molecule has 0 radical (unpaired) electrons. The molecule has 0 spiro atoms. The van der Waals surface area contributed by atoms with E-state index in [1.807, 2.05) is 24.3 Å². The summed E-state index contributed by atoms with van der Waals surface area (Å²) in [6.07, 6.45) is 3.68. The second-order valence-corrected chi connectivity index (χ2v) is 7.37. The highest BCUT2D eigenvalue weighted by Crippen LogP contribution is 2.32. The highest BCUT2D eigenvalue weighted by Gasteiger charge is 2.39. The summed E-state index contributed by atoms with van der Waals surface area (Å²) < 4.78 is 5.21. The van der Waals surface area contributed by atoms with Crippen LogP contribution in [0.4, 0.5) is 0 Å². The van der Waals surface area contributed by atoms with Crippen LogP contribution in [0.1, 0.15) is 23.2 Å². The monoisotopic (exact) mass is 349 g/mol. The number of hydrogen-bond donors (Lipinski definition) is 2. The van der Waals surface area contributed by atoms with Crippen molar-refractivity contribution in [2.75, 3.05) is 6.54 Å². The summed E-state index contributed by atoms with van der Waals surface area (Å²) >= 11 is 7.07. The van der Waals surface area contributed by atoms with Gasteiger partial charge >= 0.3 is 0 Å². The summed E-state index contributed by atoms with van der Waals surface area (Å²) in [7, 11) is 0. The van der Waals surface area contributed by atoms with Crippen LogP contribution >= 0.6 is 23.4 Å². The fraction of sp³-hybridized carbons (Fsp3) is 0.375. The van der Waals surface area contributed by atoms with Crippen molar-refractivity contribution in [1.29, 1.82) is 0 Å². The largest absolute Gasteiger partial charge is 0.419 e. The molecule has 2 heterocycles. The number of carbonyl (C=O) groups excluding carboxylic acids is 1. The highest BCUT2D eigenvalue weighted by molar-refractivity contribution is 7.99. The lowest BCUT2D eigenvalue weighted by molar-refractivity contribution is 0.0925. The molecule has 1 aliphatic carbocycles. The number of aromatic nitrogens is 1. The lowest BCUT2D eigenvalue weighted by atomic mass is 10.0. The lowest BCUT2D eigenvalue weighted by Gasteiger charge is -2.23. The van der Waals surface area contributed by atoms with Crippen LogP contribution in [0.5, 0.6) is 0 Å². The van der Waals surface area contributed by atoms with Crippen molar-refractivity contribution in [3.63, 3.8) is 0 Å². The number of oxazole rings is 1. The van der Waals surface area contributed by atoms with Gasteiger partial charge in [0.05, 0.1) is 6.20 Å². The topological polar surface area (TPSA) is 67.2 Å². The number of fused-ring (bicyclic) bond motifs is 2. The van der Waals surface area contributed by atoms with Crippen molar-refractivity contribution < 1.29 is 9.21 Å². The van der Waals surface area contributed by atoms with E-state index in [4.69, 9.17) is 16.0 Å². The van der Waals surface area contributed by atoms with Crippen molar-refractivity contribution >= 4 is 29.3 Å². The molecule has 1 aromatic heterocycles. The van der Waals surface area contributed by atoms with Crippen LogP contribution in [-0.4, -0.2) is 29.5 Å². The normalized spacial score (nSPS) is 25.7. The SMILES string of the molecule is O=C(NC1CC2CC1CN2)c1ccc(Sc2ncc(Cl)o2)cc1. The predicted molar refractivity (Wildman–Crippen MR) is 87.8 cm³/mol. The molecule has 3 atom stereocenters. The molecule has 1 saturated carbocycles. The molecule has 2 bridgehead atoms. The number of nitrogens with zero attached hydrogens (tertiary/aromatic N) is 1. The first-order chi connectivity index (χ1) is 11.2. The third-order valence-corrected chi connectivity index (χ3v) is 5.50. The number of nitrogens with one attached hydrogen (secondary N) is 2. The molecule has 3 unspecified atom stereocenters. The molecule has 2 N–H and O–H groups in total. The number of amides is 1. The Labute approximate surface area is 143 Å².